The summed E-state index contributed by atoms with van der Waals surface area (Å²) in [6, 6.07) is 6.20. The minimum atomic E-state index is 0.0184. The first kappa shape index (κ1) is 17.9. The highest BCUT2D eigenvalue weighted by molar-refractivity contribution is 7.15. The van der Waals surface area contributed by atoms with Crippen LogP contribution in [0.25, 0.3) is 0 Å². The van der Waals surface area contributed by atoms with Crippen molar-refractivity contribution in [2.24, 2.45) is 5.92 Å². The summed E-state index contributed by atoms with van der Waals surface area (Å²) >= 11 is 1.79. The van der Waals surface area contributed by atoms with Gasteiger partial charge in [-0.25, -0.2) is 4.98 Å². The summed E-state index contributed by atoms with van der Waals surface area (Å²) in [5.41, 5.74) is 3.50. The molecule has 0 radical (unpaired) electrons. The Morgan fingerprint density at radius 1 is 1.25 bits per heavy atom. The molecule has 1 aromatic heterocycles. The summed E-state index contributed by atoms with van der Waals surface area (Å²) in [5, 5.41) is 4.22. The lowest BCUT2D eigenvalue weighted by Crippen LogP contribution is -2.36. The van der Waals surface area contributed by atoms with Gasteiger partial charge in [0.25, 0.3) is 0 Å². The number of hydrogen-bond acceptors (Lipinski definition) is 6. The van der Waals surface area contributed by atoms with Crippen molar-refractivity contribution in [1.82, 2.24) is 10.3 Å². The Morgan fingerprint density at radius 2 is 2.14 bits per heavy atom. The molecule has 5 rings (SSSR count). The lowest BCUT2D eigenvalue weighted by molar-refractivity contribution is -0.125. The summed E-state index contributed by atoms with van der Waals surface area (Å²) in [6.45, 7) is 4.68. The number of benzene rings is 1. The Balaban J connectivity index is 1.19. The summed E-state index contributed by atoms with van der Waals surface area (Å²) in [4.78, 5) is 21.3. The number of morpholine rings is 1. The number of fused-ring (bicyclic) bond motifs is 2. The third kappa shape index (κ3) is 3.61. The van der Waals surface area contributed by atoms with Crippen LogP contribution in [-0.2, 0) is 35.3 Å². The maximum absolute atomic E-state index is 12.7. The number of carbonyl (C=O) groups is 1. The number of hydrogen-bond donors (Lipinski definition) is 1. The third-order valence-corrected chi connectivity index (χ3v) is 7.02. The van der Waals surface area contributed by atoms with Crippen LogP contribution in [-0.4, -0.2) is 43.8 Å². The Kier molecular flexibility index (Phi) is 4.94. The lowest BCUT2D eigenvalue weighted by atomic mass is 9.90. The maximum atomic E-state index is 12.7. The van der Waals surface area contributed by atoms with Gasteiger partial charge in [-0.15, -0.1) is 11.3 Å². The van der Waals surface area contributed by atoms with Gasteiger partial charge in [-0.3, -0.25) is 4.79 Å². The van der Waals surface area contributed by atoms with Gasteiger partial charge in [0, 0.05) is 43.3 Å². The van der Waals surface area contributed by atoms with Gasteiger partial charge in [0.05, 0.1) is 25.5 Å². The molecule has 1 aliphatic carbocycles. The van der Waals surface area contributed by atoms with Crippen molar-refractivity contribution in [3.63, 3.8) is 0 Å². The minimum Gasteiger partial charge on any atom is -0.493 e. The van der Waals surface area contributed by atoms with E-state index in [2.05, 4.69) is 16.3 Å². The van der Waals surface area contributed by atoms with E-state index in [0.29, 0.717) is 6.54 Å². The highest BCUT2D eigenvalue weighted by Gasteiger charge is 2.28. The van der Waals surface area contributed by atoms with Crippen LogP contribution in [0.15, 0.2) is 18.2 Å². The molecule has 1 amide bonds. The topological polar surface area (TPSA) is 63.7 Å². The summed E-state index contributed by atoms with van der Waals surface area (Å²) in [6.07, 6.45) is 3.56. The van der Waals surface area contributed by atoms with Crippen molar-refractivity contribution in [1.29, 1.82) is 0 Å². The first-order valence-electron chi connectivity index (χ1n) is 10.1. The van der Waals surface area contributed by atoms with E-state index in [1.807, 2.05) is 12.1 Å². The van der Waals surface area contributed by atoms with Crippen LogP contribution in [0, 0.1) is 5.92 Å². The number of thiazole rings is 1. The molecule has 2 aromatic rings. The number of aryl methyl sites for hydroxylation is 1. The van der Waals surface area contributed by atoms with E-state index in [9.17, 15) is 4.79 Å². The van der Waals surface area contributed by atoms with Crippen LogP contribution in [0.2, 0.25) is 0 Å². The number of carbonyl (C=O) groups excluding carboxylic acids is 1. The largest absolute Gasteiger partial charge is 0.493 e. The molecule has 6 nitrogen and oxygen atoms in total. The first-order chi connectivity index (χ1) is 13.8. The normalized spacial score (nSPS) is 21.0. The second-order valence-electron chi connectivity index (χ2n) is 7.66. The van der Waals surface area contributed by atoms with E-state index in [0.717, 1.165) is 80.7 Å². The molecule has 1 unspecified atom stereocenters. The fourth-order valence-electron chi connectivity index (χ4n) is 4.16. The fraction of sp³-hybridized carbons (Fsp3) is 0.524. The number of rotatable bonds is 4. The minimum absolute atomic E-state index is 0.0184. The smallest absolute Gasteiger partial charge is 0.223 e. The molecule has 1 fully saturated rings. The number of ether oxygens (including phenoxy) is 2. The van der Waals surface area contributed by atoms with Gasteiger partial charge in [-0.1, -0.05) is 12.1 Å². The molecule has 3 aliphatic rings. The van der Waals surface area contributed by atoms with Crippen molar-refractivity contribution < 1.29 is 14.3 Å². The summed E-state index contributed by atoms with van der Waals surface area (Å²) in [7, 11) is 0. The molecule has 1 N–H and O–H groups in total. The predicted molar refractivity (Wildman–Crippen MR) is 108 cm³/mol. The van der Waals surface area contributed by atoms with Crippen LogP contribution in [0.1, 0.15) is 28.1 Å². The zero-order valence-corrected chi connectivity index (χ0v) is 16.7. The molecule has 2 aliphatic heterocycles. The van der Waals surface area contributed by atoms with Gasteiger partial charge in [0.15, 0.2) is 5.13 Å². The summed E-state index contributed by atoms with van der Waals surface area (Å²) < 4.78 is 11.0. The van der Waals surface area contributed by atoms with Crippen LogP contribution in [0.3, 0.4) is 0 Å². The average Bonchev–Trinajstić information content (AvgIpc) is 3.38. The van der Waals surface area contributed by atoms with E-state index in [4.69, 9.17) is 14.5 Å². The second kappa shape index (κ2) is 7.72. The van der Waals surface area contributed by atoms with Gasteiger partial charge >= 0.3 is 0 Å². The maximum Gasteiger partial charge on any atom is 0.223 e. The fourth-order valence-corrected chi connectivity index (χ4v) is 5.32. The molecule has 28 heavy (non-hydrogen) atoms. The molecular weight excluding hydrogens is 374 g/mol. The SMILES string of the molecule is O=C(NCc1ccc2c(c1)CCO2)C1CCc2sc(N3CCOCC3)nc2C1. The highest BCUT2D eigenvalue weighted by atomic mass is 32.1. The van der Waals surface area contributed by atoms with E-state index in [1.165, 1.54) is 10.4 Å². The monoisotopic (exact) mass is 399 g/mol. The molecule has 0 saturated carbocycles. The molecule has 148 valence electrons. The molecule has 0 bridgehead atoms. The summed E-state index contributed by atoms with van der Waals surface area (Å²) in [5.74, 6) is 1.14. The Bertz CT molecular complexity index is 876. The first-order valence-corrected chi connectivity index (χ1v) is 10.9. The van der Waals surface area contributed by atoms with Crippen LogP contribution < -0.4 is 15.0 Å². The Hall–Kier alpha value is -2.12. The third-order valence-electron chi connectivity index (χ3n) is 5.80. The predicted octanol–water partition coefficient (Wildman–Crippen LogP) is 2.34. The standard InChI is InChI=1S/C21H25N3O3S/c25-20(22-13-14-1-3-18-15(11-14)5-8-27-18)16-2-4-19-17(12-16)23-21(28-19)24-6-9-26-10-7-24/h1,3,11,16H,2,4-10,12-13H2,(H,22,25). The zero-order chi connectivity index (χ0) is 18.9. The van der Waals surface area contributed by atoms with Gasteiger partial charge in [-0.05, 0) is 30.0 Å². The van der Waals surface area contributed by atoms with Crippen LogP contribution in [0.5, 0.6) is 5.75 Å². The van der Waals surface area contributed by atoms with Crippen molar-refractivity contribution in [2.75, 3.05) is 37.8 Å². The molecular formula is C21H25N3O3S. The molecule has 1 atom stereocenters. The average molecular weight is 400 g/mol. The number of nitrogens with one attached hydrogen (secondary N) is 1. The lowest BCUT2D eigenvalue weighted by Gasteiger charge is -2.26. The molecule has 3 heterocycles. The quantitative estimate of drug-likeness (QED) is 0.855. The van der Waals surface area contributed by atoms with Gasteiger partial charge in [0.1, 0.15) is 5.75 Å². The van der Waals surface area contributed by atoms with Gasteiger partial charge in [0.2, 0.25) is 5.91 Å². The number of aromatic nitrogens is 1. The number of amides is 1. The zero-order valence-electron chi connectivity index (χ0n) is 15.9. The number of anilines is 1. The molecule has 0 spiro atoms. The Labute approximate surface area is 168 Å². The molecule has 1 aromatic carbocycles. The number of nitrogens with zero attached hydrogens (tertiary/aromatic N) is 2. The second-order valence-corrected chi connectivity index (χ2v) is 8.73. The van der Waals surface area contributed by atoms with Crippen molar-refractivity contribution in [3.8, 4) is 5.75 Å². The van der Waals surface area contributed by atoms with E-state index in [-0.39, 0.29) is 11.8 Å². The molecule has 7 heteroatoms. The van der Waals surface area contributed by atoms with Crippen LogP contribution in [0.4, 0.5) is 5.13 Å². The van der Waals surface area contributed by atoms with Crippen molar-refractivity contribution in [2.45, 2.75) is 32.2 Å². The van der Waals surface area contributed by atoms with Gasteiger partial charge < -0.3 is 19.7 Å². The van der Waals surface area contributed by atoms with E-state index in [1.54, 1.807) is 11.3 Å². The Morgan fingerprint density at radius 3 is 3.04 bits per heavy atom. The molecule has 1 saturated heterocycles. The highest BCUT2D eigenvalue weighted by Crippen LogP contribution is 2.34. The van der Waals surface area contributed by atoms with Crippen molar-refractivity contribution in [3.05, 3.63) is 39.9 Å². The van der Waals surface area contributed by atoms with Crippen molar-refractivity contribution >= 4 is 22.4 Å². The van der Waals surface area contributed by atoms with Gasteiger partial charge in [-0.2, -0.15) is 0 Å². The van der Waals surface area contributed by atoms with Crippen LogP contribution >= 0.6 is 11.3 Å². The van der Waals surface area contributed by atoms with E-state index >= 15 is 0 Å². The van der Waals surface area contributed by atoms with E-state index < -0.39 is 0 Å².